The first-order valence-corrected chi connectivity index (χ1v) is 26.3. The Labute approximate surface area is 362 Å². The molecule has 1 amide bonds. The van der Waals surface area contributed by atoms with Gasteiger partial charge in [-0.15, -0.1) is 0 Å². The molecule has 346 valence electrons. The fraction of sp³-hybridized carbons (Fsp3) is 0.962. The molecule has 0 aromatic heterocycles. The van der Waals surface area contributed by atoms with Gasteiger partial charge in [-0.3, -0.25) is 9.59 Å². The van der Waals surface area contributed by atoms with Crippen LogP contribution in [0.25, 0.3) is 0 Å². The monoisotopic (exact) mass is 822 g/mol. The molecular weight excluding hydrogens is 719 g/mol. The van der Waals surface area contributed by atoms with E-state index >= 15 is 0 Å². The second kappa shape index (κ2) is 46.9. The van der Waals surface area contributed by atoms with Crippen molar-refractivity contribution in [3.63, 3.8) is 0 Å². The zero-order valence-corrected chi connectivity index (χ0v) is 39.5. The third kappa shape index (κ3) is 41.6. The molecule has 0 aliphatic heterocycles. The topological polar surface area (TPSA) is 95.9 Å². The SMILES string of the molecule is CCCCCCCCCCCCCCCCCCCC(O)C(CO)NC(=O)CC(CCCCCCCCCCCCCC)OC(=O)CCCCCCCCCCCC. The van der Waals surface area contributed by atoms with Crippen molar-refractivity contribution >= 4 is 11.9 Å². The summed E-state index contributed by atoms with van der Waals surface area (Å²) < 4.78 is 5.92. The Morgan fingerprint density at radius 2 is 0.724 bits per heavy atom. The third-order valence-electron chi connectivity index (χ3n) is 12.4. The predicted molar refractivity (Wildman–Crippen MR) is 250 cm³/mol. The Kier molecular flexibility index (Phi) is 46.0. The van der Waals surface area contributed by atoms with Gasteiger partial charge in [-0.2, -0.15) is 0 Å². The summed E-state index contributed by atoms with van der Waals surface area (Å²) in [6.07, 6.45) is 50.2. The van der Waals surface area contributed by atoms with Crippen molar-refractivity contribution in [1.82, 2.24) is 5.32 Å². The second-order valence-corrected chi connectivity index (χ2v) is 18.3. The summed E-state index contributed by atoms with van der Waals surface area (Å²) in [4.78, 5) is 26.1. The van der Waals surface area contributed by atoms with E-state index in [1.165, 1.54) is 205 Å². The van der Waals surface area contributed by atoms with E-state index in [-0.39, 0.29) is 24.9 Å². The molecule has 0 fully saturated rings. The number of ether oxygens (including phenoxy) is 1. The highest BCUT2D eigenvalue weighted by Crippen LogP contribution is 2.19. The number of nitrogens with one attached hydrogen (secondary N) is 1. The van der Waals surface area contributed by atoms with Gasteiger partial charge in [0.25, 0.3) is 0 Å². The molecule has 3 atom stereocenters. The van der Waals surface area contributed by atoms with E-state index in [1.54, 1.807) is 0 Å². The van der Waals surface area contributed by atoms with Crippen LogP contribution < -0.4 is 5.32 Å². The van der Waals surface area contributed by atoms with Crippen LogP contribution in [-0.2, 0) is 14.3 Å². The number of rotatable bonds is 48. The molecule has 0 rings (SSSR count). The maximum Gasteiger partial charge on any atom is 0.306 e. The van der Waals surface area contributed by atoms with Crippen LogP contribution in [0.5, 0.6) is 0 Å². The molecule has 3 unspecified atom stereocenters. The van der Waals surface area contributed by atoms with Crippen molar-refractivity contribution in [2.45, 2.75) is 315 Å². The number of aliphatic hydroxyl groups excluding tert-OH is 2. The highest BCUT2D eigenvalue weighted by Gasteiger charge is 2.24. The molecule has 0 saturated heterocycles. The maximum absolute atomic E-state index is 13.2. The first kappa shape index (κ1) is 56.9. The molecule has 0 bridgehead atoms. The zero-order valence-electron chi connectivity index (χ0n) is 39.5. The summed E-state index contributed by atoms with van der Waals surface area (Å²) >= 11 is 0. The highest BCUT2D eigenvalue weighted by molar-refractivity contribution is 5.77. The lowest BCUT2D eigenvalue weighted by molar-refractivity contribution is -0.151. The van der Waals surface area contributed by atoms with Crippen molar-refractivity contribution < 1.29 is 24.5 Å². The molecule has 3 N–H and O–H groups in total. The minimum atomic E-state index is -0.779. The van der Waals surface area contributed by atoms with Gasteiger partial charge >= 0.3 is 5.97 Å². The van der Waals surface area contributed by atoms with Crippen LogP contribution in [0.2, 0.25) is 0 Å². The van der Waals surface area contributed by atoms with Crippen molar-refractivity contribution in [2.75, 3.05) is 6.61 Å². The lowest BCUT2D eigenvalue weighted by Gasteiger charge is -2.24. The minimum absolute atomic E-state index is 0.0874. The van der Waals surface area contributed by atoms with Crippen molar-refractivity contribution in [3.8, 4) is 0 Å². The lowest BCUT2D eigenvalue weighted by Crippen LogP contribution is -2.46. The molecule has 0 aromatic carbocycles. The average Bonchev–Trinajstić information content (AvgIpc) is 3.22. The van der Waals surface area contributed by atoms with Crippen LogP contribution in [-0.4, -0.2) is 46.9 Å². The molecule has 0 heterocycles. The van der Waals surface area contributed by atoms with Gasteiger partial charge in [-0.25, -0.2) is 0 Å². The molecule has 0 aliphatic carbocycles. The number of esters is 1. The van der Waals surface area contributed by atoms with Gasteiger partial charge in [-0.1, -0.05) is 258 Å². The summed E-state index contributed by atoms with van der Waals surface area (Å²) in [5.74, 6) is -0.454. The number of unbranched alkanes of at least 4 members (excludes halogenated alkanes) is 36. The van der Waals surface area contributed by atoms with Gasteiger partial charge < -0.3 is 20.3 Å². The van der Waals surface area contributed by atoms with E-state index in [2.05, 4.69) is 26.1 Å². The standard InChI is InChI=1S/C52H103NO5/c1-4-7-10-13-16-19-22-24-25-26-27-28-30-32-35-38-41-44-50(55)49(47-54)53-51(56)46-48(43-40-37-34-31-29-23-20-17-14-11-8-5-2)58-52(57)45-42-39-36-33-21-18-15-12-9-6-3/h48-50,54-55H,4-47H2,1-3H3,(H,53,56). The molecule has 0 aromatic rings. The van der Waals surface area contributed by atoms with Crippen LogP contribution in [0.3, 0.4) is 0 Å². The first-order chi connectivity index (χ1) is 28.5. The largest absolute Gasteiger partial charge is 0.462 e. The van der Waals surface area contributed by atoms with E-state index in [1.807, 2.05) is 0 Å². The van der Waals surface area contributed by atoms with Crippen molar-refractivity contribution in [1.29, 1.82) is 0 Å². The number of aliphatic hydroxyl groups is 2. The fourth-order valence-corrected chi connectivity index (χ4v) is 8.43. The zero-order chi connectivity index (χ0) is 42.4. The van der Waals surface area contributed by atoms with Crippen LogP contribution in [0.4, 0.5) is 0 Å². The molecule has 0 spiro atoms. The normalized spacial score (nSPS) is 13.1. The van der Waals surface area contributed by atoms with Crippen LogP contribution in [0.1, 0.15) is 297 Å². The van der Waals surface area contributed by atoms with Gasteiger partial charge in [0.1, 0.15) is 6.10 Å². The second-order valence-electron chi connectivity index (χ2n) is 18.3. The van der Waals surface area contributed by atoms with Crippen molar-refractivity contribution in [2.24, 2.45) is 0 Å². The smallest absolute Gasteiger partial charge is 0.306 e. The Balaban J connectivity index is 4.41. The van der Waals surface area contributed by atoms with Gasteiger partial charge in [0.05, 0.1) is 25.2 Å². The van der Waals surface area contributed by atoms with Crippen molar-refractivity contribution in [3.05, 3.63) is 0 Å². The molecule has 6 heteroatoms. The average molecular weight is 822 g/mol. The van der Waals surface area contributed by atoms with Crippen LogP contribution in [0.15, 0.2) is 0 Å². The Morgan fingerprint density at radius 3 is 1.05 bits per heavy atom. The summed E-state index contributed by atoms with van der Waals surface area (Å²) in [5.41, 5.74) is 0. The number of carbonyl (C=O) groups is 2. The predicted octanol–water partition coefficient (Wildman–Crippen LogP) is 15.6. The minimum Gasteiger partial charge on any atom is -0.462 e. The molecule has 6 nitrogen and oxygen atoms in total. The van der Waals surface area contributed by atoms with Gasteiger partial charge in [0.15, 0.2) is 0 Å². The number of amides is 1. The lowest BCUT2D eigenvalue weighted by atomic mass is 10.0. The third-order valence-corrected chi connectivity index (χ3v) is 12.4. The Bertz CT molecular complexity index is 837. The molecule has 58 heavy (non-hydrogen) atoms. The van der Waals surface area contributed by atoms with E-state index < -0.39 is 18.2 Å². The summed E-state index contributed by atoms with van der Waals surface area (Å²) in [6, 6.07) is -0.691. The van der Waals surface area contributed by atoms with Crippen LogP contribution in [0, 0.1) is 0 Å². The van der Waals surface area contributed by atoms with Crippen LogP contribution >= 0.6 is 0 Å². The highest BCUT2D eigenvalue weighted by atomic mass is 16.5. The Hall–Kier alpha value is -1.14. The number of hydrogen-bond acceptors (Lipinski definition) is 5. The van der Waals surface area contributed by atoms with Gasteiger partial charge in [-0.05, 0) is 25.7 Å². The number of hydrogen-bond donors (Lipinski definition) is 3. The fourth-order valence-electron chi connectivity index (χ4n) is 8.43. The first-order valence-electron chi connectivity index (χ1n) is 26.3. The molecular formula is C52H103NO5. The summed E-state index contributed by atoms with van der Waals surface area (Å²) in [7, 11) is 0. The Morgan fingerprint density at radius 1 is 0.431 bits per heavy atom. The summed E-state index contributed by atoms with van der Waals surface area (Å²) in [6.45, 7) is 6.50. The molecule has 0 saturated carbocycles. The molecule has 0 radical (unpaired) electrons. The summed E-state index contributed by atoms with van der Waals surface area (Å²) in [5, 5.41) is 23.8. The van der Waals surface area contributed by atoms with E-state index in [4.69, 9.17) is 4.74 Å². The quantitative estimate of drug-likeness (QED) is 0.0420. The van der Waals surface area contributed by atoms with E-state index in [9.17, 15) is 19.8 Å². The van der Waals surface area contributed by atoms with E-state index in [0.717, 1.165) is 44.9 Å². The van der Waals surface area contributed by atoms with E-state index in [0.29, 0.717) is 19.3 Å². The molecule has 0 aliphatic rings. The maximum atomic E-state index is 13.2. The number of carbonyl (C=O) groups excluding carboxylic acids is 2. The van der Waals surface area contributed by atoms with Gasteiger partial charge in [0, 0.05) is 6.42 Å². The van der Waals surface area contributed by atoms with Gasteiger partial charge in [0.2, 0.25) is 5.91 Å².